The Hall–Kier alpha value is -1.49. The van der Waals surface area contributed by atoms with Crippen molar-refractivity contribution in [2.45, 2.75) is 37.5 Å². The van der Waals surface area contributed by atoms with Crippen molar-refractivity contribution in [1.82, 2.24) is 5.32 Å². The highest BCUT2D eigenvalue weighted by Gasteiger charge is 2.51. The maximum atomic E-state index is 12.0. The van der Waals surface area contributed by atoms with Crippen molar-refractivity contribution in [2.24, 2.45) is 0 Å². The first-order chi connectivity index (χ1) is 9.38. The van der Waals surface area contributed by atoms with Crippen LogP contribution >= 0.6 is 0 Å². The molecule has 2 aliphatic carbocycles. The van der Waals surface area contributed by atoms with Crippen LogP contribution in [0.1, 0.15) is 31.4 Å². The van der Waals surface area contributed by atoms with Crippen LogP contribution in [0.4, 0.5) is 13.2 Å². The number of benzene rings is 1. The lowest BCUT2D eigenvalue weighted by molar-refractivity contribution is -0.153. The van der Waals surface area contributed by atoms with Gasteiger partial charge in [-0.05, 0) is 43.0 Å². The molecule has 0 saturated heterocycles. The zero-order chi connectivity index (χ0) is 14.4. The number of hydrogen-bond donors (Lipinski definition) is 1. The molecule has 0 amide bonds. The minimum absolute atomic E-state index is 0.158. The van der Waals surface area contributed by atoms with Crippen molar-refractivity contribution in [2.75, 3.05) is 6.61 Å². The van der Waals surface area contributed by atoms with Crippen LogP contribution in [0.25, 0.3) is 0 Å². The fraction of sp³-hybridized carbons (Fsp3) is 0.467. The second-order valence-corrected chi connectivity index (χ2v) is 5.48. The quantitative estimate of drug-likeness (QED) is 0.831. The van der Waals surface area contributed by atoms with Gasteiger partial charge in [0.05, 0.1) is 5.54 Å². The molecule has 0 heterocycles. The molecule has 0 aromatic heterocycles. The van der Waals surface area contributed by atoms with Crippen LogP contribution in [0, 0.1) is 0 Å². The molecule has 20 heavy (non-hydrogen) atoms. The van der Waals surface area contributed by atoms with E-state index in [9.17, 15) is 13.2 Å². The minimum atomic E-state index is -4.30. The van der Waals surface area contributed by atoms with Gasteiger partial charge in [-0.25, -0.2) is 0 Å². The van der Waals surface area contributed by atoms with Crippen LogP contribution in [0.2, 0.25) is 0 Å². The highest BCUT2D eigenvalue weighted by Crippen LogP contribution is 2.53. The summed E-state index contributed by atoms with van der Waals surface area (Å²) in [6.07, 6.45) is 0.290. The molecule has 0 unspecified atom stereocenters. The summed E-state index contributed by atoms with van der Waals surface area (Å²) >= 11 is 0. The lowest BCUT2D eigenvalue weighted by Crippen LogP contribution is -2.41. The Morgan fingerprint density at radius 2 is 2.00 bits per heavy atom. The highest BCUT2D eigenvalue weighted by atomic mass is 19.4. The van der Waals surface area contributed by atoms with Gasteiger partial charge in [0, 0.05) is 6.04 Å². The number of fused-ring (bicyclic) bond motifs is 1. The van der Waals surface area contributed by atoms with E-state index in [0.717, 1.165) is 12.0 Å². The van der Waals surface area contributed by atoms with E-state index in [1.165, 1.54) is 12.0 Å². The summed E-state index contributed by atoms with van der Waals surface area (Å²) < 4.78 is 40.8. The molecule has 2 aliphatic rings. The van der Waals surface area contributed by atoms with Gasteiger partial charge in [-0.1, -0.05) is 18.2 Å². The molecular formula is C15H16F3NO. The Morgan fingerprint density at radius 3 is 2.45 bits per heavy atom. The normalized spacial score (nSPS) is 25.3. The Morgan fingerprint density at radius 1 is 1.30 bits per heavy atom. The second-order valence-electron chi connectivity index (χ2n) is 5.48. The summed E-state index contributed by atoms with van der Waals surface area (Å²) in [6, 6.07) is 6.94. The first kappa shape index (κ1) is 13.5. The van der Waals surface area contributed by atoms with Gasteiger partial charge in [0.2, 0.25) is 0 Å². The van der Waals surface area contributed by atoms with Crippen molar-refractivity contribution in [1.29, 1.82) is 0 Å². The Labute approximate surface area is 115 Å². The van der Waals surface area contributed by atoms with Crippen molar-refractivity contribution in [3.8, 4) is 5.75 Å². The molecule has 1 aromatic carbocycles. The molecule has 0 radical (unpaired) electrons. The molecule has 1 saturated carbocycles. The smallest absolute Gasteiger partial charge is 0.422 e. The van der Waals surface area contributed by atoms with Crippen LogP contribution < -0.4 is 10.1 Å². The van der Waals surface area contributed by atoms with Gasteiger partial charge in [0.25, 0.3) is 0 Å². The van der Waals surface area contributed by atoms with Crippen molar-refractivity contribution in [3.05, 3.63) is 41.5 Å². The predicted molar refractivity (Wildman–Crippen MR) is 69.6 cm³/mol. The molecular weight excluding hydrogens is 267 g/mol. The lowest BCUT2D eigenvalue weighted by Gasteiger charge is -2.31. The number of hydrogen-bond acceptors (Lipinski definition) is 2. The van der Waals surface area contributed by atoms with Gasteiger partial charge in [0.1, 0.15) is 5.75 Å². The summed E-state index contributed by atoms with van der Waals surface area (Å²) in [5.74, 6) is 0.241. The van der Waals surface area contributed by atoms with Crippen molar-refractivity contribution in [3.63, 3.8) is 0 Å². The van der Waals surface area contributed by atoms with Crippen molar-refractivity contribution >= 4 is 0 Å². The first-order valence-corrected chi connectivity index (χ1v) is 6.67. The summed E-state index contributed by atoms with van der Waals surface area (Å²) in [5, 5.41) is 3.55. The van der Waals surface area contributed by atoms with Crippen LogP contribution in [-0.2, 0) is 0 Å². The SMILES string of the molecule is C[C@H](N[C@]12C=C1CC2)c1ccc(OCC(F)(F)F)cc1. The van der Waals surface area contributed by atoms with Gasteiger partial charge in [-0.2, -0.15) is 13.2 Å². The van der Waals surface area contributed by atoms with E-state index in [2.05, 4.69) is 18.3 Å². The Kier molecular flexibility index (Phi) is 3.05. The average Bonchev–Trinajstić information content (AvgIpc) is 2.89. The number of halogens is 3. The molecule has 2 atom stereocenters. The number of rotatable bonds is 5. The summed E-state index contributed by atoms with van der Waals surface area (Å²) in [6.45, 7) is 0.805. The van der Waals surface area contributed by atoms with Crippen LogP contribution in [0.5, 0.6) is 5.75 Å². The average molecular weight is 283 g/mol. The van der Waals surface area contributed by atoms with E-state index in [0.29, 0.717) is 0 Å². The highest BCUT2D eigenvalue weighted by molar-refractivity contribution is 5.53. The van der Waals surface area contributed by atoms with Gasteiger partial charge in [-0.3, -0.25) is 5.32 Å². The standard InChI is InChI=1S/C15H16F3NO/c1-10(19-14-7-6-12(14)8-14)11-2-4-13(5-3-11)20-9-15(16,17)18/h2-5,8,10,19H,6-7,9H2,1H3/t10-,14+/m0/s1. The van der Waals surface area contributed by atoms with Gasteiger partial charge in [-0.15, -0.1) is 0 Å². The number of alkyl halides is 3. The largest absolute Gasteiger partial charge is 0.484 e. The Bertz CT molecular complexity index is 535. The monoisotopic (exact) mass is 283 g/mol. The number of ether oxygens (including phenoxy) is 1. The van der Waals surface area contributed by atoms with E-state index in [-0.39, 0.29) is 17.3 Å². The van der Waals surface area contributed by atoms with E-state index in [4.69, 9.17) is 4.74 Å². The molecule has 1 N–H and O–H groups in total. The second kappa shape index (κ2) is 4.52. The molecule has 0 aliphatic heterocycles. The third kappa shape index (κ3) is 2.68. The summed E-state index contributed by atoms with van der Waals surface area (Å²) in [5.41, 5.74) is 2.69. The number of nitrogens with one attached hydrogen (secondary N) is 1. The zero-order valence-electron chi connectivity index (χ0n) is 11.1. The predicted octanol–water partition coefficient (Wildman–Crippen LogP) is 3.75. The van der Waals surface area contributed by atoms with E-state index in [1.54, 1.807) is 24.3 Å². The van der Waals surface area contributed by atoms with Crippen molar-refractivity contribution < 1.29 is 17.9 Å². The summed E-state index contributed by atoms with van der Waals surface area (Å²) in [7, 11) is 0. The maximum absolute atomic E-state index is 12.0. The lowest BCUT2D eigenvalue weighted by atomic mass is 9.89. The third-order valence-electron chi connectivity index (χ3n) is 3.96. The van der Waals surface area contributed by atoms with E-state index >= 15 is 0 Å². The van der Waals surface area contributed by atoms with Crippen LogP contribution in [0.15, 0.2) is 35.9 Å². The molecule has 1 fully saturated rings. The van der Waals surface area contributed by atoms with Crippen LogP contribution in [0.3, 0.4) is 0 Å². The molecule has 0 bridgehead atoms. The molecule has 2 nitrogen and oxygen atoms in total. The topological polar surface area (TPSA) is 21.3 Å². The van der Waals surface area contributed by atoms with Gasteiger partial charge >= 0.3 is 6.18 Å². The van der Waals surface area contributed by atoms with Gasteiger partial charge < -0.3 is 4.74 Å². The first-order valence-electron chi connectivity index (χ1n) is 6.67. The Balaban J connectivity index is 1.55. The molecule has 0 spiro atoms. The fourth-order valence-corrected chi connectivity index (χ4v) is 2.64. The maximum Gasteiger partial charge on any atom is 0.422 e. The zero-order valence-corrected chi connectivity index (χ0v) is 11.1. The van der Waals surface area contributed by atoms with E-state index < -0.39 is 12.8 Å². The third-order valence-corrected chi connectivity index (χ3v) is 3.96. The van der Waals surface area contributed by atoms with Gasteiger partial charge in [0.15, 0.2) is 6.61 Å². The minimum Gasteiger partial charge on any atom is -0.484 e. The summed E-state index contributed by atoms with van der Waals surface area (Å²) in [4.78, 5) is 0. The molecule has 108 valence electrons. The molecule has 1 aromatic rings. The fourth-order valence-electron chi connectivity index (χ4n) is 2.64. The molecule has 5 heteroatoms. The van der Waals surface area contributed by atoms with E-state index in [1.807, 2.05) is 0 Å². The van der Waals surface area contributed by atoms with Crippen LogP contribution in [-0.4, -0.2) is 18.3 Å². The molecule has 3 rings (SSSR count).